The van der Waals surface area contributed by atoms with E-state index in [-0.39, 0.29) is 31.1 Å². The number of aryl methyl sites for hydroxylation is 1. The van der Waals surface area contributed by atoms with Gasteiger partial charge in [0.1, 0.15) is 0 Å². The van der Waals surface area contributed by atoms with Gasteiger partial charge in [0.15, 0.2) is 11.7 Å². The lowest BCUT2D eigenvalue weighted by Gasteiger charge is -2.31. The number of nitrogens with one attached hydrogen (secondary N) is 2. The van der Waals surface area contributed by atoms with Crippen molar-refractivity contribution in [1.29, 1.82) is 0 Å². The Balaban J connectivity index is 1.25. The summed E-state index contributed by atoms with van der Waals surface area (Å²) in [5.41, 5.74) is 0.956. The maximum absolute atomic E-state index is 12.1. The Bertz CT molecular complexity index is 937. The summed E-state index contributed by atoms with van der Waals surface area (Å²) in [6, 6.07) is 4.11. The molecule has 180 valence electrons. The van der Waals surface area contributed by atoms with Gasteiger partial charge in [-0.05, 0) is 45.2 Å². The number of likely N-dealkylation sites (tertiary alicyclic amines) is 1. The Labute approximate surface area is 201 Å². The largest absolute Gasteiger partial charge is 0.456 e. The topological polar surface area (TPSA) is 110 Å². The van der Waals surface area contributed by atoms with Crippen LogP contribution in [0.15, 0.2) is 17.5 Å². The maximum Gasteiger partial charge on any atom is 0.409 e. The number of hydrogen-bond acceptors (Lipinski definition) is 9. The Morgan fingerprint density at radius 2 is 2.00 bits per heavy atom. The van der Waals surface area contributed by atoms with E-state index in [4.69, 9.17) is 9.47 Å². The summed E-state index contributed by atoms with van der Waals surface area (Å²) in [6.07, 6.45) is 1.78. The minimum atomic E-state index is -0.405. The van der Waals surface area contributed by atoms with Crippen molar-refractivity contribution in [2.24, 2.45) is 0 Å². The van der Waals surface area contributed by atoms with E-state index in [2.05, 4.69) is 34.7 Å². The van der Waals surface area contributed by atoms with Gasteiger partial charge in [-0.2, -0.15) is 0 Å². The molecular weight excluding hydrogens is 464 g/mol. The quantitative estimate of drug-likeness (QED) is 0.383. The lowest BCUT2D eigenvalue weighted by molar-refractivity contribution is -0.148. The van der Waals surface area contributed by atoms with Crippen molar-refractivity contribution in [1.82, 2.24) is 15.2 Å². The molecule has 0 saturated carbocycles. The van der Waals surface area contributed by atoms with E-state index < -0.39 is 5.97 Å². The molecule has 2 N–H and O–H groups in total. The highest BCUT2D eigenvalue weighted by atomic mass is 32.1. The van der Waals surface area contributed by atoms with E-state index in [0.717, 1.165) is 15.7 Å². The second kappa shape index (κ2) is 12.5. The van der Waals surface area contributed by atoms with Gasteiger partial charge in [0.25, 0.3) is 5.91 Å². The van der Waals surface area contributed by atoms with Gasteiger partial charge >= 0.3 is 12.1 Å². The highest BCUT2D eigenvalue weighted by Crippen LogP contribution is 2.30. The van der Waals surface area contributed by atoms with E-state index >= 15 is 0 Å². The van der Waals surface area contributed by atoms with Gasteiger partial charge in [-0.25, -0.2) is 9.78 Å². The number of carbonyl (C=O) groups excluding carboxylic acids is 3. The number of aromatic nitrogens is 1. The van der Waals surface area contributed by atoms with Crippen LogP contribution in [0.1, 0.15) is 37.5 Å². The predicted molar refractivity (Wildman–Crippen MR) is 129 cm³/mol. The second-order valence-corrected chi connectivity index (χ2v) is 9.81. The Kier molecular flexibility index (Phi) is 9.49. The van der Waals surface area contributed by atoms with Crippen molar-refractivity contribution in [3.63, 3.8) is 0 Å². The zero-order valence-corrected chi connectivity index (χ0v) is 20.6. The lowest BCUT2D eigenvalue weighted by Crippen LogP contribution is -2.47. The number of amides is 2. The normalized spacial score (nSPS) is 14.1. The molecule has 1 aliphatic rings. The molecule has 0 aliphatic carbocycles. The summed E-state index contributed by atoms with van der Waals surface area (Å²) >= 11 is 3.24. The number of thiophene rings is 1. The van der Waals surface area contributed by atoms with Crippen LogP contribution in [0.4, 0.5) is 9.93 Å². The fourth-order valence-corrected chi connectivity index (χ4v) is 5.02. The van der Waals surface area contributed by atoms with Gasteiger partial charge in [0.05, 0.1) is 17.2 Å². The zero-order valence-electron chi connectivity index (χ0n) is 18.9. The Morgan fingerprint density at radius 1 is 1.21 bits per heavy atom. The molecule has 2 amide bonds. The average Bonchev–Trinajstić information content (AvgIpc) is 3.45. The fourth-order valence-electron chi connectivity index (χ4n) is 3.38. The summed E-state index contributed by atoms with van der Waals surface area (Å²) in [6.45, 7) is 5.55. The molecule has 1 fully saturated rings. The fraction of sp³-hybridized carbons (Fsp3) is 0.545. The smallest absolute Gasteiger partial charge is 0.409 e. The molecule has 1 saturated heterocycles. The van der Waals surface area contributed by atoms with Crippen LogP contribution in [-0.4, -0.2) is 66.7 Å². The first-order valence-electron chi connectivity index (χ1n) is 11.1. The minimum absolute atomic E-state index is 0.0349. The van der Waals surface area contributed by atoms with Gasteiger partial charge in [0, 0.05) is 42.4 Å². The number of carbonyl (C=O) groups is 3. The summed E-state index contributed by atoms with van der Waals surface area (Å²) in [4.78, 5) is 44.3. The van der Waals surface area contributed by atoms with Crippen molar-refractivity contribution in [2.75, 3.05) is 38.2 Å². The molecule has 0 unspecified atom stereocenters. The van der Waals surface area contributed by atoms with Crippen molar-refractivity contribution < 1.29 is 23.9 Å². The second-order valence-electron chi connectivity index (χ2n) is 7.67. The average molecular weight is 495 g/mol. The van der Waals surface area contributed by atoms with Gasteiger partial charge in [-0.1, -0.05) is 0 Å². The van der Waals surface area contributed by atoms with E-state index in [9.17, 15) is 14.4 Å². The molecule has 0 atom stereocenters. The van der Waals surface area contributed by atoms with Gasteiger partial charge < -0.3 is 25.0 Å². The number of nitrogens with zero attached hydrogens (tertiary/aromatic N) is 2. The monoisotopic (exact) mass is 494 g/mol. The number of esters is 1. The maximum atomic E-state index is 12.1. The third-order valence-electron chi connectivity index (χ3n) is 5.08. The lowest BCUT2D eigenvalue weighted by atomic mass is 10.1. The van der Waals surface area contributed by atoms with E-state index in [0.29, 0.717) is 45.5 Å². The van der Waals surface area contributed by atoms with Crippen LogP contribution in [0, 0.1) is 6.92 Å². The zero-order chi connectivity index (χ0) is 23.6. The first-order chi connectivity index (χ1) is 15.9. The van der Waals surface area contributed by atoms with Gasteiger partial charge in [0.2, 0.25) is 0 Å². The molecule has 9 nitrogen and oxygen atoms in total. The van der Waals surface area contributed by atoms with Crippen LogP contribution in [-0.2, 0) is 19.1 Å². The first kappa shape index (κ1) is 25.0. The molecule has 0 aromatic carbocycles. The Hall–Kier alpha value is -2.66. The molecule has 0 bridgehead atoms. The standard InChI is InChI=1S/C22H30N4O5S2/c1-3-30-22(29)26-11-8-16(9-12-26)24-19(27)13-31-20(28)5-4-10-23-21-25-17(14-32-21)18-7-6-15(2)33-18/h6-7,14,16H,3-5,8-13H2,1-2H3,(H,23,25)(H,24,27). The van der Waals surface area contributed by atoms with Crippen molar-refractivity contribution in [3.05, 3.63) is 22.4 Å². The molecule has 33 heavy (non-hydrogen) atoms. The molecule has 3 rings (SSSR count). The van der Waals surface area contributed by atoms with E-state index in [1.807, 2.05) is 5.38 Å². The molecule has 3 heterocycles. The van der Waals surface area contributed by atoms with E-state index in [1.165, 1.54) is 16.2 Å². The van der Waals surface area contributed by atoms with Crippen LogP contribution >= 0.6 is 22.7 Å². The van der Waals surface area contributed by atoms with Gasteiger partial charge in [-0.3, -0.25) is 9.59 Å². The van der Waals surface area contributed by atoms with Crippen molar-refractivity contribution >= 4 is 45.8 Å². The van der Waals surface area contributed by atoms with Crippen LogP contribution < -0.4 is 10.6 Å². The highest BCUT2D eigenvalue weighted by Gasteiger charge is 2.24. The molecular formula is C22H30N4O5S2. The number of piperidine rings is 1. The third kappa shape index (κ3) is 8.01. The summed E-state index contributed by atoms with van der Waals surface area (Å²) in [7, 11) is 0. The molecule has 2 aromatic rings. The summed E-state index contributed by atoms with van der Waals surface area (Å²) in [5.74, 6) is -0.729. The van der Waals surface area contributed by atoms with Crippen molar-refractivity contribution in [2.45, 2.75) is 45.6 Å². The van der Waals surface area contributed by atoms with Crippen LogP contribution in [0.5, 0.6) is 0 Å². The van der Waals surface area contributed by atoms with Gasteiger partial charge in [-0.15, -0.1) is 22.7 Å². The first-order valence-corrected chi connectivity index (χ1v) is 12.8. The number of ether oxygens (including phenoxy) is 2. The minimum Gasteiger partial charge on any atom is -0.456 e. The molecule has 0 radical (unpaired) electrons. The summed E-state index contributed by atoms with van der Waals surface area (Å²) in [5, 5.41) is 8.91. The molecule has 11 heteroatoms. The number of hydrogen-bond donors (Lipinski definition) is 2. The molecule has 2 aromatic heterocycles. The van der Waals surface area contributed by atoms with Crippen molar-refractivity contribution in [3.8, 4) is 10.6 Å². The number of anilines is 1. The SMILES string of the molecule is CCOC(=O)N1CCC(NC(=O)COC(=O)CCCNc2nc(-c3ccc(C)s3)cs2)CC1. The van der Waals surface area contributed by atoms with Crippen LogP contribution in [0.3, 0.4) is 0 Å². The summed E-state index contributed by atoms with van der Waals surface area (Å²) < 4.78 is 10.1. The number of rotatable bonds is 10. The van der Waals surface area contributed by atoms with E-state index in [1.54, 1.807) is 23.2 Å². The number of thiazole rings is 1. The molecule has 0 spiro atoms. The predicted octanol–water partition coefficient (Wildman–Crippen LogP) is 3.65. The third-order valence-corrected chi connectivity index (χ3v) is 6.90. The highest BCUT2D eigenvalue weighted by molar-refractivity contribution is 7.16. The van der Waals surface area contributed by atoms with Crippen LogP contribution in [0.2, 0.25) is 0 Å². The molecule has 1 aliphatic heterocycles. The Morgan fingerprint density at radius 3 is 2.70 bits per heavy atom. The van der Waals surface area contributed by atoms with Crippen LogP contribution in [0.25, 0.3) is 10.6 Å².